The predicted octanol–water partition coefficient (Wildman–Crippen LogP) is 5.78. The van der Waals surface area contributed by atoms with Crippen LogP contribution >= 0.6 is 0 Å². The number of amides is 2. The number of nitriles is 1. The number of benzene rings is 2. The van der Waals surface area contributed by atoms with Gasteiger partial charge in [0.1, 0.15) is 0 Å². The molecule has 0 aliphatic rings. The Labute approximate surface area is 257 Å². The summed E-state index contributed by atoms with van der Waals surface area (Å²) in [5, 5.41) is 16.1. The summed E-state index contributed by atoms with van der Waals surface area (Å²) in [6.45, 7) is 4.24. The summed E-state index contributed by atoms with van der Waals surface area (Å²) in [5.41, 5.74) is 7.99. The number of nitrogens with zero attached hydrogens (tertiary/aromatic N) is 6. The third-order valence-electron chi connectivity index (χ3n) is 6.94. The smallest absolute Gasteiger partial charge is 0.405 e. The lowest BCUT2D eigenvalue weighted by molar-refractivity contribution is -0.137. The number of halogens is 3. The average molecular weight is 617 g/mol. The van der Waals surface area contributed by atoms with Crippen LogP contribution in [0.5, 0.6) is 0 Å². The second-order valence-electron chi connectivity index (χ2n) is 10.2. The molecule has 13 heteroatoms. The molecule has 0 fully saturated rings. The quantitative estimate of drug-likeness (QED) is 0.217. The first-order chi connectivity index (χ1) is 21.4. The molecule has 4 aromatic rings. The van der Waals surface area contributed by atoms with E-state index in [9.17, 15) is 22.8 Å². The molecule has 0 bridgehead atoms. The van der Waals surface area contributed by atoms with Gasteiger partial charge in [-0.05, 0) is 73.1 Å². The number of carbonyl (C=O) groups is 2. The van der Waals surface area contributed by atoms with E-state index in [1.165, 1.54) is 28.9 Å². The molecule has 0 saturated carbocycles. The molecule has 0 aliphatic heterocycles. The van der Waals surface area contributed by atoms with Crippen molar-refractivity contribution in [2.24, 2.45) is 10.7 Å². The van der Waals surface area contributed by atoms with Crippen molar-refractivity contribution >= 4 is 34.8 Å². The van der Waals surface area contributed by atoms with E-state index in [1.54, 1.807) is 49.3 Å². The van der Waals surface area contributed by atoms with Crippen molar-refractivity contribution in [3.63, 3.8) is 0 Å². The molecule has 0 saturated heterocycles. The van der Waals surface area contributed by atoms with Crippen LogP contribution in [0.15, 0.2) is 72.0 Å². The van der Waals surface area contributed by atoms with Crippen LogP contribution in [0, 0.1) is 18.3 Å². The fraction of sp³-hybridized carbons (Fsp3) is 0.250. The van der Waals surface area contributed by atoms with Crippen LogP contribution < -0.4 is 11.1 Å². The van der Waals surface area contributed by atoms with Crippen LogP contribution in [-0.2, 0) is 15.8 Å². The standard InChI is InChI=1S/C32H31F3N8O2/c1-4-16-42(3)28(45)13-12-27(44)39-31-40-30-29(22-6-5-7-23(17-22)32(33,34)35)20(2)25(19-43(30)41-31)26(14-15-36)38-24-10-8-21(18-37)9-11-24/h5-11,14-15,17,19H,4,12-13,16,36H2,1-3H3,(H,39,41,44)/b15-14-,38-26?. The van der Waals surface area contributed by atoms with Crippen molar-refractivity contribution in [3.8, 4) is 17.2 Å². The number of nitrogens with one attached hydrogen (secondary N) is 1. The molecular formula is C32H31F3N8O2. The number of carbonyl (C=O) groups excluding carboxylic acids is 2. The molecule has 0 aliphatic carbocycles. The highest BCUT2D eigenvalue weighted by Gasteiger charge is 2.31. The Morgan fingerprint density at radius 1 is 1.18 bits per heavy atom. The van der Waals surface area contributed by atoms with Crippen LogP contribution in [-0.4, -0.2) is 50.6 Å². The first kappa shape index (κ1) is 32.4. The molecule has 3 N–H and O–H groups in total. The Morgan fingerprint density at radius 3 is 2.56 bits per heavy atom. The highest BCUT2D eigenvalue weighted by molar-refractivity contribution is 6.12. The van der Waals surface area contributed by atoms with Crippen LogP contribution in [0.2, 0.25) is 0 Å². The lowest BCUT2D eigenvalue weighted by Gasteiger charge is -2.15. The number of alkyl halides is 3. The van der Waals surface area contributed by atoms with Crippen molar-refractivity contribution < 1.29 is 22.8 Å². The molecule has 0 spiro atoms. The minimum Gasteiger partial charge on any atom is -0.405 e. The molecule has 0 unspecified atom stereocenters. The summed E-state index contributed by atoms with van der Waals surface area (Å²) in [7, 11) is 1.67. The van der Waals surface area contributed by atoms with E-state index in [2.05, 4.69) is 20.4 Å². The summed E-state index contributed by atoms with van der Waals surface area (Å²) in [6, 6.07) is 13.4. The molecule has 2 amide bonds. The van der Waals surface area contributed by atoms with Crippen LogP contribution in [0.1, 0.15) is 48.4 Å². The number of anilines is 1. The molecule has 2 aromatic heterocycles. The minimum atomic E-state index is -4.59. The number of hydrogen-bond donors (Lipinski definition) is 2. The second kappa shape index (κ2) is 13.9. The highest BCUT2D eigenvalue weighted by Crippen LogP contribution is 2.36. The van der Waals surface area contributed by atoms with Crippen molar-refractivity contribution in [1.82, 2.24) is 19.5 Å². The number of aliphatic imine (C=N–C) groups is 1. The van der Waals surface area contributed by atoms with Crippen molar-refractivity contribution in [2.45, 2.75) is 39.3 Å². The maximum atomic E-state index is 13.7. The van der Waals surface area contributed by atoms with Crippen LogP contribution in [0.25, 0.3) is 16.8 Å². The molecule has 0 atom stereocenters. The van der Waals surface area contributed by atoms with Crippen molar-refractivity contribution in [1.29, 1.82) is 5.26 Å². The highest BCUT2D eigenvalue weighted by atomic mass is 19.4. The van der Waals surface area contributed by atoms with Gasteiger partial charge in [-0.2, -0.15) is 23.4 Å². The first-order valence-corrected chi connectivity index (χ1v) is 14.0. The summed E-state index contributed by atoms with van der Waals surface area (Å²) in [6.07, 6.45) is 0.506. The van der Waals surface area contributed by atoms with Gasteiger partial charge in [0, 0.05) is 43.8 Å². The fourth-order valence-corrected chi connectivity index (χ4v) is 4.70. The first-order valence-electron chi connectivity index (χ1n) is 14.0. The maximum Gasteiger partial charge on any atom is 0.416 e. The van der Waals surface area contributed by atoms with Gasteiger partial charge in [0.2, 0.25) is 17.8 Å². The van der Waals surface area contributed by atoms with Gasteiger partial charge >= 0.3 is 6.18 Å². The van der Waals surface area contributed by atoms with E-state index in [-0.39, 0.29) is 35.9 Å². The summed E-state index contributed by atoms with van der Waals surface area (Å²) in [5.74, 6) is -0.751. The van der Waals surface area contributed by atoms with Gasteiger partial charge in [-0.1, -0.05) is 19.1 Å². The molecule has 0 radical (unpaired) electrons. The maximum absolute atomic E-state index is 13.7. The van der Waals surface area contributed by atoms with E-state index >= 15 is 0 Å². The fourth-order valence-electron chi connectivity index (χ4n) is 4.70. The minimum absolute atomic E-state index is 0.00492. The molecule has 45 heavy (non-hydrogen) atoms. The molecule has 232 valence electrons. The Morgan fingerprint density at radius 2 is 1.91 bits per heavy atom. The van der Waals surface area contributed by atoms with E-state index in [0.717, 1.165) is 18.6 Å². The zero-order chi connectivity index (χ0) is 32.7. The SMILES string of the molecule is CCCN(C)C(=O)CCC(=O)Nc1nc2c(-c3cccc(C(F)(F)F)c3)c(C)c(C(/C=C\N)=Nc3ccc(C#N)cc3)cn2n1. The molecule has 2 aromatic carbocycles. The van der Waals surface area contributed by atoms with Gasteiger partial charge in [0.05, 0.1) is 28.6 Å². The monoisotopic (exact) mass is 616 g/mol. The molecule has 2 heterocycles. The summed E-state index contributed by atoms with van der Waals surface area (Å²) < 4.78 is 42.5. The van der Waals surface area contributed by atoms with Gasteiger partial charge in [-0.15, -0.1) is 5.10 Å². The number of rotatable bonds is 10. The zero-order valence-electron chi connectivity index (χ0n) is 24.9. The van der Waals surface area contributed by atoms with Crippen molar-refractivity contribution in [2.75, 3.05) is 18.9 Å². The van der Waals surface area contributed by atoms with Gasteiger partial charge in [-0.3, -0.25) is 14.9 Å². The zero-order valence-corrected chi connectivity index (χ0v) is 24.9. The van der Waals surface area contributed by atoms with Crippen LogP contribution in [0.4, 0.5) is 24.8 Å². The predicted molar refractivity (Wildman–Crippen MR) is 165 cm³/mol. The Kier molecular flexibility index (Phi) is 9.98. The van der Waals surface area contributed by atoms with Gasteiger partial charge in [0.15, 0.2) is 5.65 Å². The third kappa shape index (κ3) is 7.72. The van der Waals surface area contributed by atoms with Gasteiger partial charge in [-0.25, -0.2) is 9.51 Å². The van der Waals surface area contributed by atoms with E-state index in [1.807, 2.05) is 13.0 Å². The number of fused-ring (bicyclic) bond motifs is 1. The Bertz CT molecular complexity index is 1820. The van der Waals surface area contributed by atoms with E-state index in [0.29, 0.717) is 40.2 Å². The lowest BCUT2D eigenvalue weighted by Crippen LogP contribution is -2.28. The summed E-state index contributed by atoms with van der Waals surface area (Å²) >= 11 is 0. The molecule has 10 nitrogen and oxygen atoms in total. The van der Waals surface area contributed by atoms with Gasteiger partial charge in [0.25, 0.3) is 0 Å². The molecular weight excluding hydrogens is 585 g/mol. The largest absolute Gasteiger partial charge is 0.416 e. The number of pyridine rings is 1. The van der Waals surface area contributed by atoms with Crippen LogP contribution in [0.3, 0.4) is 0 Å². The normalized spacial score (nSPS) is 12.0. The number of allylic oxidation sites excluding steroid dienone is 1. The second-order valence-corrected chi connectivity index (χ2v) is 10.2. The number of aromatic nitrogens is 3. The number of nitrogens with two attached hydrogens (primary N) is 1. The van der Waals surface area contributed by atoms with E-state index < -0.39 is 17.6 Å². The van der Waals surface area contributed by atoms with Crippen molar-refractivity contribution in [3.05, 3.63) is 89.3 Å². The Balaban J connectivity index is 1.82. The summed E-state index contributed by atoms with van der Waals surface area (Å²) in [4.78, 5) is 35.7. The van der Waals surface area contributed by atoms with E-state index in [4.69, 9.17) is 11.0 Å². The van der Waals surface area contributed by atoms with Gasteiger partial charge < -0.3 is 10.6 Å². The lowest BCUT2D eigenvalue weighted by atomic mass is 9.95. The topological polar surface area (TPSA) is 142 Å². The third-order valence-corrected chi connectivity index (χ3v) is 6.94. The number of hydrogen-bond acceptors (Lipinski definition) is 7. The Hall–Kier alpha value is -5.51. The average Bonchev–Trinajstić information content (AvgIpc) is 3.41. The molecule has 4 rings (SSSR count).